The second-order valence-corrected chi connectivity index (χ2v) is 5.62. The third-order valence-corrected chi connectivity index (χ3v) is 3.58. The van der Waals surface area contributed by atoms with Crippen LogP contribution in [0.25, 0.3) is 11.2 Å². The van der Waals surface area contributed by atoms with Gasteiger partial charge in [-0.25, -0.2) is 9.37 Å². The number of halogens is 1. The van der Waals surface area contributed by atoms with Crippen molar-refractivity contribution in [2.45, 2.75) is 39.0 Å². The van der Waals surface area contributed by atoms with Gasteiger partial charge in [-0.3, -0.25) is 9.79 Å². The number of nitrogens with zero attached hydrogens (tertiary/aromatic N) is 4. The van der Waals surface area contributed by atoms with Crippen LogP contribution in [0.2, 0.25) is 0 Å². The van der Waals surface area contributed by atoms with Crippen LogP contribution < -0.4 is 5.32 Å². The molecule has 120 valence electrons. The monoisotopic (exact) mass is 315 g/mol. The van der Waals surface area contributed by atoms with Crippen molar-refractivity contribution in [3.05, 3.63) is 29.6 Å². The Morgan fingerprint density at radius 1 is 1.57 bits per heavy atom. The van der Waals surface area contributed by atoms with Crippen LogP contribution >= 0.6 is 0 Å². The van der Waals surface area contributed by atoms with E-state index in [1.807, 2.05) is 13.0 Å². The number of aliphatic imine (C=N–C) groups is 1. The third-order valence-electron chi connectivity index (χ3n) is 3.58. The number of nitrogens with one attached hydrogen (secondary N) is 1. The van der Waals surface area contributed by atoms with E-state index in [0.717, 1.165) is 30.5 Å². The van der Waals surface area contributed by atoms with E-state index in [0.29, 0.717) is 22.9 Å². The first kappa shape index (κ1) is 15.3. The molecule has 1 aliphatic carbocycles. The van der Waals surface area contributed by atoms with Crippen LogP contribution in [0.4, 0.5) is 10.2 Å². The molecule has 0 aliphatic heterocycles. The molecule has 0 saturated heterocycles. The van der Waals surface area contributed by atoms with Crippen LogP contribution in [0.5, 0.6) is 0 Å². The van der Waals surface area contributed by atoms with Gasteiger partial charge >= 0.3 is 0 Å². The van der Waals surface area contributed by atoms with E-state index in [9.17, 15) is 9.18 Å². The van der Waals surface area contributed by atoms with E-state index in [1.165, 1.54) is 19.3 Å². The maximum absolute atomic E-state index is 12.7. The molecule has 1 aliphatic rings. The SMILES string of the molecule is C/C(=C\C=NC(C)F)c1cc(NC2CC2)n2ncc(C=O)c2n1. The first-order valence-electron chi connectivity index (χ1n) is 7.53. The van der Waals surface area contributed by atoms with Gasteiger partial charge in [0.2, 0.25) is 0 Å². The average Bonchev–Trinajstić information content (AvgIpc) is 3.23. The predicted octanol–water partition coefficient (Wildman–Crippen LogP) is 2.91. The molecule has 1 unspecified atom stereocenters. The highest BCUT2D eigenvalue weighted by atomic mass is 19.1. The van der Waals surface area contributed by atoms with Gasteiger partial charge in [0, 0.05) is 18.3 Å². The maximum Gasteiger partial charge on any atom is 0.187 e. The number of alkyl halides is 1. The number of aldehydes is 1. The van der Waals surface area contributed by atoms with Gasteiger partial charge in [-0.15, -0.1) is 0 Å². The van der Waals surface area contributed by atoms with Crippen molar-refractivity contribution < 1.29 is 9.18 Å². The smallest absolute Gasteiger partial charge is 0.187 e. The molecule has 2 aromatic heterocycles. The topological polar surface area (TPSA) is 71.7 Å². The molecule has 1 saturated carbocycles. The molecule has 0 aromatic carbocycles. The molecule has 3 rings (SSSR count). The minimum absolute atomic E-state index is 0.435. The Labute approximate surface area is 133 Å². The van der Waals surface area contributed by atoms with Gasteiger partial charge in [-0.1, -0.05) is 0 Å². The lowest BCUT2D eigenvalue weighted by molar-refractivity contribution is 0.112. The number of carbonyl (C=O) groups excluding carboxylic acids is 1. The molecule has 6 nitrogen and oxygen atoms in total. The maximum atomic E-state index is 12.7. The number of carbonyl (C=O) groups is 1. The summed E-state index contributed by atoms with van der Waals surface area (Å²) >= 11 is 0. The van der Waals surface area contributed by atoms with Gasteiger partial charge in [0.15, 0.2) is 18.2 Å². The number of hydrogen-bond acceptors (Lipinski definition) is 5. The summed E-state index contributed by atoms with van der Waals surface area (Å²) in [5, 5.41) is 7.61. The number of allylic oxidation sites excluding steroid dienone is 2. The lowest BCUT2D eigenvalue weighted by Crippen LogP contribution is -2.09. The van der Waals surface area contributed by atoms with Crippen LogP contribution in [-0.2, 0) is 0 Å². The van der Waals surface area contributed by atoms with Gasteiger partial charge < -0.3 is 5.32 Å². The average molecular weight is 315 g/mol. The number of fused-ring (bicyclic) bond motifs is 1. The molecule has 23 heavy (non-hydrogen) atoms. The summed E-state index contributed by atoms with van der Waals surface area (Å²) in [6.45, 7) is 3.23. The van der Waals surface area contributed by atoms with E-state index in [4.69, 9.17) is 0 Å². The van der Waals surface area contributed by atoms with Gasteiger partial charge in [-0.05, 0) is 38.3 Å². The Morgan fingerprint density at radius 3 is 3.00 bits per heavy atom. The fourth-order valence-electron chi connectivity index (χ4n) is 2.16. The van der Waals surface area contributed by atoms with Crippen LogP contribution in [0.15, 0.2) is 23.3 Å². The summed E-state index contributed by atoms with van der Waals surface area (Å²) in [6.07, 6.45) is 6.38. The van der Waals surface area contributed by atoms with Gasteiger partial charge in [0.25, 0.3) is 0 Å². The Bertz CT molecular complexity index is 789. The molecule has 0 bridgehead atoms. The minimum atomic E-state index is -1.24. The first-order chi connectivity index (χ1) is 11.1. The molecule has 7 heteroatoms. The number of hydrogen-bond donors (Lipinski definition) is 1. The molecular weight excluding hydrogens is 297 g/mol. The summed E-state index contributed by atoms with van der Waals surface area (Å²) in [5.74, 6) is 0.796. The largest absolute Gasteiger partial charge is 0.367 e. The fraction of sp³-hybridized carbons (Fsp3) is 0.375. The van der Waals surface area contributed by atoms with E-state index in [2.05, 4.69) is 20.4 Å². The molecule has 1 atom stereocenters. The van der Waals surface area contributed by atoms with Crippen LogP contribution in [0, 0.1) is 0 Å². The number of anilines is 1. The highest BCUT2D eigenvalue weighted by Crippen LogP contribution is 2.27. The van der Waals surface area contributed by atoms with Crippen molar-refractivity contribution in [1.82, 2.24) is 14.6 Å². The molecule has 2 heterocycles. The lowest BCUT2D eigenvalue weighted by atomic mass is 10.2. The predicted molar refractivity (Wildman–Crippen MR) is 87.7 cm³/mol. The van der Waals surface area contributed by atoms with E-state index in [-0.39, 0.29) is 0 Å². The van der Waals surface area contributed by atoms with E-state index < -0.39 is 6.30 Å². The Balaban J connectivity index is 2.03. The molecule has 0 radical (unpaired) electrons. The molecule has 1 fully saturated rings. The highest BCUT2D eigenvalue weighted by molar-refractivity contribution is 5.87. The normalized spacial score (nSPS) is 16.9. The molecular formula is C16H18FN5O. The Kier molecular flexibility index (Phi) is 4.18. The van der Waals surface area contributed by atoms with Crippen molar-refractivity contribution in [1.29, 1.82) is 0 Å². The second kappa shape index (κ2) is 6.28. The first-order valence-corrected chi connectivity index (χ1v) is 7.53. The van der Waals surface area contributed by atoms with Crippen molar-refractivity contribution in [3.8, 4) is 0 Å². The summed E-state index contributed by atoms with van der Waals surface area (Å²) in [5.41, 5.74) is 2.46. The minimum Gasteiger partial charge on any atom is -0.367 e. The van der Waals surface area contributed by atoms with Gasteiger partial charge in [0.1, 0.15) is 5.82 Å². The summed E-state index contributed by atoms with van der Waals surface area (Å²) in [4.78, 5) is 19.3. The Hall–Kier alpha value is -2.57. The standard InChI is InChI=1S/C16H18FN5O/c1-10(5-6-18-11(2)17)14-7-15(20-13-3-4-13)22-16(21-14)12(9-23)8-19-22/h5-9,11,13,20H,3-4H2,1-2H3/b10-5+,18-6?. The zero-order valence-corrected chi connectivity index (χ0v) is 13.0. The van der Waals surface area contributed by atoms with Crippen LogP contribution in [0.1, 0.15) is 42.7 Å². The third kappa shape index (κ3) is 3.44. The molecule has 1 N–H and O–H groups in total. The summed E-state index contributed by atoms with van der Waals surface area (Å²) < 4.78 is 14.4. The molecule has 2 aromatic rings. The lowest BCUT2D eigenvalue weighted by Gasteiger charge is -2.10. The summed E-state index contributed by atoms with van der Waals surface area (Å²) in [7, 11) is 0. The quantitative estimate of drug-likeness (QED) is 0.505. The molecule has 0 spiro atoms. The highest BCUT2D eigenvalue weighted by Gasteiger charge is 2.23. The fourth-order valence-corrected chi connectivity index (χ4v) is 2.16. The number of aromatic nitrogens is 3. The van der Waals surface area contributed by atoms with E-state index in [1.54, 1.807) is 10.6 Å². The van der Waals surface area contributed by atoms with Crippen molar-refractivity contribution in [3.63, 3.8) is 0 Å². The van der Waals surface area contributed by atoms with Gasteiger partial charge in [0.05, 0.1) is 17.5 Å². The van der Waals surface area contributed by atoms with Crippen LogP contribution in [0.3, 0.4) is 0 Å². The Morgan fingerprint density at radius 2 is 2.35 bits per heavy atom. The summed E-state index contributed by atoms with van der Waals surface area (Å²) in [6, 6.07) is 2.32. The number of rotatable bonds is 6. The zero-order valence-electron chi connectivity index (χ0n) is 13.0. The van der Waals surface area contributed by atoms with Crippen molar-refractivity contribution in [2.75, 3.05) is 5.32 Å². The van der Waals surface area contributed by atoms with Gasteiger partial charge in [-0.2, -0.15) is 9.61 Å². The van der Waals surface area contributed by atoms with Crippen LogP contribution in [-0.4, -0.2) is 39.4 Å². The van der Waals surface area contributed by atoms with E-state index >= 15 is 0 Å². The van der Waals surface area contributed by atoms with Crippen molar-refractivity contribution >= 4 is 29.5 Å². The van der Waals surface area contributed by atoms with Crippen molar-refractivity contribution in [2.24, 2.45) is 4.99 Å². The zero-order chi connectivity index (χ0) is 16.4. The molecule has 0 amide bonds. The second-order valence-electron chi connectivity index (χ2n) is 5.62.